The van der Waals surface area contributed by atoms with Gasteiger partial charge >= 0.3 is 0 Å². The van der Waals surface area contributed by atoms with E-state index in [0.29, 0.717) is 5.92 Å². The standard InChI is InChI=1S/C14H20O/c1-11-7-5-6-10-13(11)14(15)12-8-3-2-4-9-12/h5-7,10,12,14-15H,2-4,8-9H2,1H3/t14-/m1/s1. The summed E-state index contributed by atoms with van der Waals surface area (Å²) >= 11 is 0. The zero-order valence-corrected chi connectivity index (χ0v) is 9.45. The van der Waals surface area contributed by atoms with E-state index < -0.39 is 0 Å². The number of aliphatic hydroxyl groups is 1. The summed E-state index contributed by atoms with van der Waals surface area (Å²) in [6.45, 7) is 2.08. The Bertz CT molecular complexity index is 313. The van der Waals surface area contributed by atoms with Gasteiger partial charge in [-0.15, -0.1) is 0 Å². The molecule has 0 aliphatic heterocycles. The second kappa shape index (κ2) is 4.80. The maximum Gasteiger partial charge on any atom is 0.0820 e. The molecule has 1 aliphatic rings. The summed E-state index contributed by atoms with van der Waals surface area (Å²) in [6.07, 6.45) is 6.05. The molecule has 0 bridgehead atoms. The van der Waals surface area contributed by atoms with Gasteiger partial charge < -0.3 is 5.11 Å². The fourth-order valence-electron chi connectivity index (χ4n) is 2.62. The van der Waals surface area contributed by atoms with Gasteiger partial charge in [0.2, 0.25) is 0 Å². The third-order valence-corrected chi connectivity index (χ3v) is 3.60. The van der Waals surface area contributed by atoms with Crippen LogP contribution in [0.3, 0.4) is 0 Å². The summed E-state index contributed by atoms with van der Waals surface area (Å²) in [5.41, 5.74) is 2.35. The van der Waals surface area contributed by atoms with Crippen LogP contribution in [0.2, 0.25) is 0 Å². The lowest BCUT2D eigenvalue weighted by Gasteiger charge is -2.27. The molecule has 0 spiro atoms. The van der Waals surface area contributed by atoms with E-state index in [-0.39, 0.29) is 6.10 Å². The molecular formula is C14H20O. The Balaban J connectivity index is 2.12. The van der Waals surface area contributed by atoms with Crippen molar-refractivity contribution >= 4 is 0 Å². The van der Waals surface area contributed by atoms with Crippen LogP contribution in [-0.4, -0.2) is 5.11 Å². The van der Waals surface area contributed by atoms with Crippen molar-refractivity contribution in [2.75, 3.05) is 0 Å². The summed E-state index contributed by atoms with van der Waals surface area (Å²) in [7, 11) is 0. The third kappa shape index (κ3) is 2.40. The van der Waals surface area contributed by atoms with Gasteiger partial charge in [-0.1, -0.05) is 43.5 Å². The molecule has 1 nitrogen and oxygen atoms in total. The lowest BCUT2D eigenvalue weighted by molar-refractivity contribution is 0.0843. The highest BCUT2D eigenvalue weighted by Gasteiger charge is 2.23. The van der Waals surface area contributed by atoms with Gasteiger partial charge in [-0.05, 0) is 36.8 Å². The topological polar surface area (TPSA) is 20.2 Å². The van der Waals surface area contributed by atoms with Crippen molar-refractivity contribution in [2.45, 2.75) is 45.1 Å². The highest BCUT2D eigenvalue weighted by molar-refractivity contribution is 5.28. The predicted molar refractivity (Wildman–Crippen MR) is 62.7 cm³/mol. The van der Waals surface area contributed by atoms with Crippen molar-refractivity contribution in [3.05, 3.63) is 35.4 Å². The smallest absolute Gasteiger partial charge is 0.0820 e. The van der Waals surface area contributed by atoms with Gasteiger partial charge in [0.15, 0.2) is 0 Å². The number of hydrogen-bond acceptors (Lipinski definition) is 1. The highest BCUT2D eigenvalue weighted by Crippen LogP contribution is 2.35. The van der Waals surface area contributed by atoms with Crippen LogP contribution in [0.25, 0.3) is 0 Å². The fourth-order valence-corrected chi connectivity index (χ4v) is 2.62. The SMILES string of the molecule is Cc1ccccc1[C@H](O)C1CCCCC1. The zero-order valence-electron chi connectivity index (χ0n) is 9.45. The van der Waals surface area contributed by atoms with Crippen molar-refractivity contribution in [3.8, 4) is 0 Å². The van der Waals surface area contributed by atoms with Crippen molar-refractivity contribution in [2.24, 2.45) is 5.92 Å². The van der Waals surface area contributed by atoms with E-state index in [1.54, 1.807) is 0 Å². The molecule has 1 fully saturated rings. The quantitative estimate of drug-likeness (QED) is 0.780. The van der Waals surface area contributed by atoms with Crippen LogP contribution in [-0.2, 0) is 0 Å². The van der Waals surface area contributed by atoms with Gasteiger partial charge in [0, 0.05) is 0 Å². The van der Waals surface area contributed by atoms with E-state index in [4.69, 9.17) is 0 Å². The summed E-state index contributed by atoms with van der Waals surface area (Å²) in [5.74, 6) is 0.486. The molecule has 1 aliphatic carbocycles. The van der Waals surface area contributed by atoms with E-state index in [2.05, 4.69) is 19.1 Å². The number of aliphatic hydroxyl groups excluding tert-OH is 1. The van der Waals surface area contributed by atoms with Crippen LogP contribution in [0.5, 0.6) is 0 Å². The van der Waals surface area contributed by atoms with Crippen LogP contribution in [0.1, 0.15) is 49.3 Å². The van der Waals surface area contributed by atoms with Gasteiger partial charge in [0.25, 0.3) is 0 Å². The van der Waals surface area contributed by atoms with Crippen LogP contribution < -0.4 is 0 Å². The number of benzene rings is 1. The van der Waals surface area contributed by atoms with Gasteiger partial charge in [0.1, 0.15) is 0 Å². The van der Waals surface area contributed by atoms with Gasteiger partial charge in [-0.25, -0.2) is 0 Å². The molecule has 0 radical (unpaired) electrons. The van der Waals surface area contributed by atoms with Crippen molar-refractivity contribution in [1.82, 2.24) is 0 Å². The average molecular weight is 204 g/mol. The summed E-state index contributed by atoms with van der Waals surface area (Å²) < 4.78 is 0. The van der Waals surface area contributed by atoms with E-state index in [0.717, 1.165) is 5.56 Å². The normalized spacial score (nSPS) is 20.1. The molecule has 1 N–H and O–H groups in total. The number of rotatable bonds is 2. The van der Waals surface area contributed by atoms with Crippen molar-refractivity contribution in [3.63, 3.8) is 0 Å². The first-order valence-corrected chi connectivity index (χ1v) is 6.02. The Morgan fingerprint density at radius 3 is 2.47 bits per heavy atom. The molecule has 0 amide bonds. The zero-order chi connectivity index (χ0) is 10.7. The Morgan fingerprint density at radius 2 is 1.80 bits per heavy atom. The molecule has 0 aromatic heterocycles. The minimum absolute atomic E-state index is 0.244. The molecule has 82 valence electrons. The first kappa shape index (κ1) is 10.7. The summed E-state index contributed by atoms with van der Waals surface area (Å²) in [6, 6.07) is 8.21. The van der Waals surface area contributed by atoms with Crippen LogP contribution >= 0.6 is 0 Å². The monoisotopic (exact) mass is 204 g/mol. The molecule has 1 heteroatoms. The van der Waals surface area contributed by atoms with Crippen LogP contribution in [0, 0.1) is 12.8 Å². The molecule has 0 unspecified atom stereocenters. The van der Waals surface area contributed by atoms with E-state index in [9.17, 15) is 5.11 Å². The molecular weight excluding hydrogens is 184 g/mol. The molecule has 1 aromatic rings. The number of hydrogen-bond donors (Lipinski definition) is 1. The minimum Gasteiger partial charge on any atom is -0.388 e. The summed E-state index contributed by atoms with van der Waals surface area (Å²) in [5, 5.41) is 10.3. The second-order valence-electron chi connectivity index (χ2n) is 4.70. The fraction of sp³-hybridized carbons (Fsp3) is 0.571. The molecule has 15 heavy (non-hydrogen) atoms. The van der Waals surface area contributed by atoms with Gasteiger partial charge in [-0.3, -0.25) is 0 Å². The molecule has 0 saturated heterocycles. The molecule has 2 rings (SSSR count). The largest absolute Gasteiger partial charge is 0.388 e. The maximum atomic E-state index is 10.3. The van der Waals surface area contributed by atoms with E-state index in [1.807, 2.05) is 12.1 Å². The third-order valence-electron chi connectivity index (χ3n) is 3.60. The van der Waals surface area contributed by atoms with Crippen LogP contribution in [0.15, 0.2) is 24.3 Å². The lowest BCUT2D eigenvalue weighted by atomic mass is 9.82. The molecule has 1 saturated carbocycles. The van der Waals surface area contributed by atoms with Gasteiger partial charge in [-0.2, -0.15) is 0 Å². The Hall–Kier alpha value is -0.820. The highest BCUT2D eigenvalue weighted by atomic mass is 16.3. The predicted octanol–water partition coefficient (Wildman–Crippen LogP) is 3.61. The van der Waals surface area contributed by atoms with Crippen LogP contribution in [0.4, 0.5) is 0 Å². The summed E-state index contributed by atoms with van der Waals surface area (Å²) in [4.78, 5) is 0. The first-order valence-electron chi connectivity index (χ1n) is 6.02. The second-order valence-corrected chi connectivity index (χ2v) is 4.70. The Labute approximate surface area is 92.1 Å². The molecule has 0 heterocycles. The first-order chi connectivity index (χ1) is 7.29. The lowest BCUT2D eigenvalue weighted by Crippen LogP contribution is -2.16. The Kier molecular flexibility index (Phi) is 3.42. The van der Waals surface area contributed by atoms with Crippen molar-refractivity contribution < 1.29 is 5.11 Å². The van der Waals surface area contributed by atoms with Crippen molar-refractivity contribution in [1.29, 1.82) is 0 Å². The molecule has 1 atom stereocenters. The minimum atomic E-state index is -0.244. The van der Waals surface area contributed by atoms with E-state index in [1.165, 1.54) is 37.7 Å². The maximum absolute atomic E-state index is 10.3. The molecule has 1 aromatic carbocycles. The van der Waals surface area contributed by atoms with Gasteiger partial charge in [0.05, 0.1) is 6.10 Å². The Morgan fingerprint density at radius 1 is 1.13 bits per heavy atom. The average Bonchev–Trinajstić information content (AvgIpc) is 2.30. The number of aryl methyl sites for hydroxylation is 1. The van der Waals surface area contributed by atoms with E-state index >= 15 is 0 Å².